The molecule has 6 nitrogen and oxygen atoms in total. The van der Waals surface area contributed by atoms with Crippen LogP contribution in [0.5, 0.6) is 5.75 Å². The first-order chi connectivity index (χ1) is 14.7. The monoisotopic (exact) mass is 423 g/mol. The minimum atomic E-state index is -0.680. The molecule has 0 amide bonds. The molecule has 1 atom stereocenters. The van der Waals surface area contributed by atoms with E-state index in [-0.39, 0.29) is 6.61 Å². The highest BCUT2D eigenvalue weighted by atomic mass is 32.1. The molecule has 1 aliphatic rings. The average molecular weight is 424 g/mol. The molecule has 0 aliphatic heterocycles. The number of fused-ring (bicyclic) bond motifs is 1. The third kappa shape index (κ3) is 4.38. The highest BCUT2D eigenvalue weighted by Crippen LogP contribution is 2.31. The maximum Gasteiger partial charge on any atom is 0.203 e. The first-order valence-corrected chi connectivity index (χ1v) is 10.9. The Morgan fingerprint density at radius 3 is 2.93 bits per heavy atom. The molecule has 1 unspecified atom stereocenters. The van der Waals surface area contributed by atoms with Gasteiger partial charge in [0, 0.05) is 35.1 Å². The van der Waals surface area contributed by atoms with Gasteiger partial charge in [-0.3, -0.25) is 5.43 Å². The lowest BCUT2D eigenvalue weighted by Gasteiger charge is -2.20. The first-order valence-electron chi connectivity index (χ1n) is 10.0. The molecule has 3 aromatic rings. The van der Waals surface area contributed by atoms with Gasteiger partial charge in [-0.15, -0.1) is 11.3 Å². The van der Waals surface area contributed by atoms with Crippen molar-refractivity contribution in [2.75, 3.05) is 19.1 Å². The van der Waals surface area contributed by atoms with Crippen LogP contribution in [0.3, 0.4) is 0 Å². The summed E-state index contributed by atoms with van der Waals surface area (Å²) >= 11 is 1.49. The van der Waals surface area contributed by atoms with E-state index in [1.54, 1.807) is 7.11 Å². The molecular weight excluding hydrogens is 398 g/mol. The van der Waals surface area contributed by atoms with Gasteiger partial charge >= 0.3 is 0 Å². The molecule has 4 rings (SSSR count). The number of benzene rings is 2. The summed E-state index contributed by atoms with van der Waals surface area (Å²) < 4.78 is 5.50. The van der Waals surface area contributed by atoms with Crippen LogP contribution in [0.4, 0.5) is 5.13 Å². The predicted octanol–water partition coefficient (Wildman–Crippen LogP) is 4.39. The fourth-order valence-electron chi connectivity index (χ4n) is 3.74. The molecule has 7 heteroatoms. The number of hydrazone groups is 1. The number of hydrogen-bond acceptors (Lipinski definition) is 7. The number of nitrogens with one attached hydrogen (secondary N) is 1. The van der Waals surface area contributed by atoms with Gasteiger partial charge in [-0.1, -0.05) is 30.3 Å². The van der Waals surface area contributed by atoms with Crippen LogP contribution < -0.4 is 10.2 Å². The van der Waals surface area contributed by atoms with E-state index in [9.17, 15) is 5.11 Å². The molecule has 0 fully saturated rings. The number of aliphatic hydroxyl groups is 2. The van der Waals surface area contributed by atoms with E-state index in [0.29, 0.717) is 11.6 Å². The highest BCUT2D eigenvalue weighted by molar-refractivity contribution is 7.14. The highest BCUT2D eigenvalue weighted by Gasteiger charge is 2.19. The molecule has 0 radical (unpaired) electrons. The summed E-state index contributed by atoms with van der Waals surface area (Å²) in [6.45, 7) is -0.0501. The molecule has 156 valence electrons. The molecule has 1 aliphatic carbocycles. The minimum Gasteiger partial charge on any atom is -0.496 e. The van der Waals surface area contributed by atoms with Crippen molar-refractivity contribution in [3.05, 3.63) is 64.5 Å². The molecular formula is C23H25N3O3S. The van der Waals surface area contributed by atoms with Crippen molar-refractivity contribution < 1.29 is 14.9 Å². The lowest BCUT2D eigenvalue weighted by molar-refractivity contribution is 0.134. The number of ether oxygens (including phenoxy) is 1. The van der Waals surface area contributed by atoms with E-state index in [4.69, 9.17) is 9.84 Å². The van der Waals surface area contributed by atoms with Gasteiger partial charge in [0.25, 0.3) is 0 Å². The molecule has 30 heavy (non-hydrogen) atoms. The van der Waals surface area contributed by atoms with Crippen molar-refractivity contribution in [3.8, 4) is 17.0 Å². The summed E-state index contributed by atoms with van der Waals surface area (Å²) in [5.74, 6) is 0.916. The maximum atomic E-state index is 10.1. The molecule has 0 saturated carbocycles. The second-order valence-electron chi connectivity index (χ2n) is 7.20. The number of aliphatic hydroxyl groups excluding tert-OH is 2. The summed E-state index contributed by atoms with van der Waals surface area (Å²) in [6, 6.07) is 13.7. The summed E-state index contributed by atoms with van der Waals surface area (Å²) in [6.07, 6.45) is 2.59. The fraction of sp³-hybridized carbons (Fsp3) is 0.304. The maximum absolute atomic E-state index is 10.1. The number of nitrogens with zero attached hydrogens (tertiary/aromatic N) is 2. The second-order valence-corrected chi connectivity index (χ2v) is 8.06. The molecule has 1 aromatic heterocycles. The van der Waals surface area contributed by atoms with Crippen molar-refractivity contribution in [1.82, 2.24) is 4.98 Å². The van der Waals surface area contributed by atoms with E-state index in [1.165, 1.54) is 16.9 Å². The van der Waals surface area contributed by atoms with E-state index < -0.39 is 6.10 Å². The Morgan fingerprint density at radius 2 is 2.10 bits per heavy atom. The van der Waals surface area contributed by atoms with Gasteiger partial charge in [-0.2, -0.15) is 5.10 Å². The third-order valence-corrected chi connectivity index (χ3v) is 6.01. The zero-order valence-corrected chi connectivity index (χ0v) is 17.7. The van der Waals surface area contributed by atoms with Crippen molar-refractivity contribution in [3.63, 3.8) is 0 Å². The van der Waals surface area contributed by atoms with E-state index in [2.05, 4.69) is 21.6 Å². The van der Waals surface area contributed by atoms with Crippen LogP contribution in [0.1, 0.15) is 42.1 Å². The number of rotatable bonds is 7. The SMILES string of the molecule is COc1cccc2c1CCCC2=NNc1nc(-c2cccc(C(O)CCO)c2)cs1. The summed E-state index contributed by atoms with van der Waals surface area (Å²) in [7, 11) is 1.70. The van der Waals surface area contributed by atoms with E-state index >= 15 is 0 Å². The number of thiazole rings is 1. The summed E-state index contributed by atoms with van der Waals surface area (Å²) in [5, 5.41) is 26.5. The lowest BCUT2D eigenvalue weighted by atomic mass is 9.89. The van der Waals surface area contributed by atoms with Gasteiger partial charge in [0.05, 0.1) is 24.6 Å². The van der Waals surface area contributed by atoms with Crippen LogP contribution in [0.25, 0.3) is 11.3 Å². The Morgan fingerprint density at radius 1 is 1.23 bits per heavy atom. The summed E-state index contributed by atoms with van der Waals surface area (Å²) in [4.78, 5) is 4.65. The van der Waals surface area contributed by atoms with Crippen molar-refractivity contribution in [1.29, 1.82) is 0 Å². The normalized spacial score (nSPS) is 15.6. The number of aromatic nitrogens is 1. The third-order valence-electron chi connectivity index (χ3n) is 5.26. The Kier molecular flexibility index (Phi) is 6.42. The number of hydrogen-bond donors (Lipinski definition) is 3. The first kappa shape index (κ1) is 20.5. The van der Waals surface area contributed by atoms with Gasteiger partial charge in [-0.05, 0) is 37.0 Å². The fourth-order valence-corrected chi connectivity index (χ4v) is 4.40. The average Bonchev–Trinajstić information content (AvgIpc) is 3.26. The van der Waals surface area contributed by atoms with Crippen LogP contribution in [0.15, 0.2) is 52.9 Å². The van der Waals surface area contributed by atoms with Gasteiger partial charge in [0.15, 0.2) is 0 Å². The quantitative estimate of drug-likeness (QED) is 0.491. The zero-order chi connectivity index (χ0) is 20.9. The second kappa shape index (κ2) is 9.38. The van der Waals surface area contributed by atoms with Crippen LogP contribution in [-0.2, 0) is 6.42 Å². The van der Waals surface area contributed by atoms with E-state index in [0.717, 1.165) is 53.1 Å². The van der Waals surface area contributed by atoms with Gasteiger partial charge in [0.1, 0.15) is 5.75 Å². The van der Waals surface area contributed by atoms with Crippen LogP contribution in [0.2, 0.25) is 0 Å². The zero-order valence-electron chi connectivity index (χ0n) is 16.8. The van der Waals surface area contributed by atoms with Crippen molar-refractivity contribution in [2.45, 2.75) is 31.8 Å². The molecule has 0 spiro atoms. The largest absolute Gasteiger partial charge is 0.496 e. The van der Waals surface area contributed by atoms with Crippen LogP contribution >= 0.6 is 11.3 Å². The Bertz CT molecular complexity index is 1050. The predicted molar refractivity (Wildman–Crippen MR) is 120 cm³/mol. The van der Waals surface area contributed by atoms with Gasteiger partial charge < -0.3 is 14.9 Å². The summed E-state index contributed by atoms with van der Waals surface area (Å²) in [5.41, 5.74) is 9.00. The molecule has 0 saturated heterocycles. The van der Waals surface area contributed by atoms with Crippen molar-refractivity contribution >= 4 is 22.2 Å². The molecule has 3 N–H and O–H groups in total. The lowest BCUT2D eigenvalue weighted by Crippen LogP contribution is -2.14. The molecule has 0 bridgehead atoms. The van der Waals surface area contributed by atoms with Gasteiger partial charge in [-0.25, -0.2) is 4.98 Å². The van der Waals surface area contributed by atoms with Crippen LogP contribution in [-0.4, -0.2) is 34.6 Å². The Hall–Kier alpha value is -2.74. The number of methoxy groups -OCH3 is 1. The van der Waals surface area contributed by atoms with Crippen molar-refractivity contribution in [2.24, 2.45) is 5.10 Å². The molecule has 2 aromatic carbocycles. The van der Waals surface area contributed by atoms with E-state index in [1.807, 2.05) is 41.8 Å². The molecule has 1 heterocycles. The topological polar surface area (TPSA) is 87.0 Å². The number of anilines is 1. The minimum absolute atomic E-state index is 0.0501. The Balaban J connectivity index is 1.52. The standard InChI is InChI=1S/C23H25N3O3S/c1-29-22-10-4-7-17-18(22)8-3-9-19(17)25-26-23-24-20(14-30-23)15-5-2-6-16(13-15)21(28)11-12-27/h2,4-7,10,13-14,21,27-28H,3,8-9,11-12H2,1H3,(H,24,26). The van der Waals surface area contributed by atoms with Gasteiger partial charge in [0.2, 0.25) is 5.13 Å². The Labute approximate surface area is 179 Å². The van der Waals surface area contributed by atoms with Crippen LogP contribution in [0, 0.1) is 0 Å². The smallest absolute Gasteiger partial charge is 0.203 e.